The molecule has 4 aromatic carbocycles. The molecule has 5 aromatic rings. The number of carbonyl (C=O) groups excluding carboxylic acids is 1. The first-order valence-corrected chi connectivity index (χ1v) is 12.1. The summed E-state index contributed by atoms with van der Waals surface area (Å²) in [6.45, 7) is 0.344. The standard InChI is InChI=1S/C31H20F3NO4/c32-31(33,34)21-9-6-10-22(17-21)35-27(20-13-15-23(16-14-20)38-18-19-7-2-1-3-8-19)26-28(36)24-11-4-5-12-25(24)39-29(26)30(35)37/h1-17,27H,18H2. The number of halogens is 3. The Kier molecular flexibility index (Phi) is 5.95. The monoisotopic (exact) mass is 527 g/mol. The van der Waals surface area contributed by atoms with E-state index in [0.29, 0.717) is 17.9 Å². The van der Waals surface area contributed by atoms with Crippen molar-refractivity contribution in [2.24, 2.45) is 0 Å². The number of amides is 1. The van der Waals surface area contributed by atoms with Gasteiger partial charge in [-0.3, -0.25) is 14.5 Å². The van der Waals surface area contributed by atoms with Gasteiger partial charge in [-0.25, -0.2) is 0 Å². The Labute approximate surface area is 220 Å². The van der Waals surface area contributed by atoms with E-state index in [9.17, 15) is 22.8 Å². The quantitative estimate of drug-likeness (QED) is 0.244. The molecule has 6 rings (SSSR count). The van der Waals surface area contributed by atoms with Crippen molar-refractivity contribution in [2.45, 2.75) is 18.8 Å². The highest BCUT2D eigenvalue weighted by Crippen LogP contribution is 2.43. The minimum Gasteiger partial charge on any atom is -0.489 e. The lowest BCUT2D eigenvalue weighted by Gasteiger charge is -2.26. The molecular weight excluding hydrogens is 507 g/mol. The lowest BCUT2D eigenvalue weighted by molar-refractivity contribution is -0.137. The Morgan fingerprint density at radius 2 is 1.54 bits per heavy atom. The average Bonchev–Trinajstić information content (AvgIpc) is 3.25. The SMILES string of the molecule is O=C1c2oc3ccccc3c(=O)c2C(c2ccc(OCc3ccccc3)cc2)N1c1cccc(C(F)(F)F)c1. The number of nitrogens with zero attached hydrogens (tertiary/aromatic N) is 1. The molecule has 1 atom stereocenters. The molecular formula is C31H20F3NO4. The van der Waals surface area contributed by atoms with Crippen LogP contribution in [0.2, 0.25) is 0 Å². The van der Waals surface area contributed by atoms with Crippen LogP contribution in [0.3, 0.4) is 0 Å². The number of alkyl halides is 3. The van der Waals surface area contributed by atoms with Crippen LogP contribution in [0.5, 0.6) is 5.75 Å². The van der Waals surface area contributed by atoms with E-state index in [4.69, 9.17) is 9.15 Å². The van der Waals surface area contributed by atoms with Gasteiger partial charge in [-0.15, -0.1) is 0 Å². The van der Waals surface area contributed by atoms with E-state index in [0.717, 1.165) is 17.7 Å². The van der Waals surface area contributed by atoms with E-state index in [2.05, 4.69) is 0 Å². The predicted octanol–water partition coefficient (Wildman–Crippen LogP) is 7.14. The lowest BCUT2D eigenvalue weighted by atomic mass is 9.98. The molecule has 0 fully saturated rings. The van der Waals surface area contributed by atoms with Gasteiger partial charge in [-0.05, 0) is 53.6 Å². The molecule has 0 aliphatic carbocycles. The number of benzene rings is 4. The van der Waals surface area contributed by atoms with Crippen LogP contribution in [-0.2, 0) is 12.8 Å². The Morgan fingerprint density at radius 1 is 0.821 bits per heavy atom. The van der Waals surface area contributed by atoms with Gasteiger partial charge in [0.1, 0.15) is 17.9 Å². The Balaban J connectivity index is 1.45. The molecule has 0 saturated carbocycles. The molecule has 1 aliphatic rings. The first-order chi connectivity index (χ1) is 18.8. The van der Waals surface area contributed by atoms with Crippen LogP contribution in [0, 0.1) is 0 Å². The number of fused-ring (bicyclic) bond motifs is 2. The molecule has 0 N–H and O–H groups in total. The molecule has 1 aromatic heterocycles. The van der Waals surface area contributed by atoms with Crippen LogP contribution in [-0.4, -0.2) is 5.91 Å². The van der Waals surface area contributed by atoms with E-state index >= 15 is 0 Å². The Bertz CT molecular complexity index is 1740. The number of rotatable bonds is 5. The van der Waals surface area contributed by atoms with Gasteiger partial charge in [-0.2, -0.15) is 13.2 Å². The summed E-state index contributed by atoms with van der Waals surface area (Å²) in [7, 11) is 0. The topological polar surface area (TPSA) is 59.8 Å². The fourth-order valence-corrected chi connectivity index (χ4v) is 4.82. The first-order valence-electron chi connectivity index (χ1n) is 12.1. The molecule has 8 heteroatoms. The molecule has 1 amide bonds. The zero-order valence-electron chi connectivity index (χ0n) is 20.3. The molecule has 39 heavy (non-hydrogen) atoms. The minimum atomic E-state index is -4.61. The van der Waals surface area contributed by atoms with Gasteiger partial charge >= 0.3 is 6.18 Å². The van der Waals surface area contributed by atoms with E-state index in [1.807, 2.05) is 30.3 Å². The predicted molar refractivity (Wildman–Crippen MR) is 140 cm³/mol. The summed E-state index contributed by atoms with van der Waals surface area (Å²) < 4.78 is 52.4. The third-order valence-electron chi connectivity index (χ3n) is 6.67. The lowest BCUT2D eigenvalue weighted by Crippen LogP contribution is -2.29. The normalized spacial score (nSPS) is 15.0. The van der Waals surface area contributed by atoms with E-state index in [1.54, 1.807) is 48.5 Å². The van der Waals surface area contributed by atoms with Crippen molar-refractivity contribution in [1.82, 2.24) is 0 Å². The first kappa shape index (κ1) is 24.5. The summed E-state index contributed by atoms with van der Waals surface area (Å²) in [5.74, 6) is -0.324. The highest BCUT2D eigenvalue weighted by molar-refractivity contribution is 6.10. The molecule has 0 bridgehead atoms. The molecule has 0 spiro atoms. The summed E-state index contributed by atoms with van der Waals surface area (Å²) in [4.78, 5) is 28.5. The van der Waals surface area contributed by atoms with Crippen LogP contribution in [0.15, 0.2) is 112 Å². The van der Waals surface area contributed by atoms with Gasteiger partial charge in [0, 0.05) is 5.69 Å². The van der Waals surface area contributed by atoms with Crippen molar-refractivity contribution < 1.29 is 27.1 Å². The second-order valence-corrected chi connectivity index (χ2v) is 9.14. The summed E-state index contributed by atoms with van der Waals surface area (Å²) >= 11 is 0. The summed E-state index contributed by atoms with van der Waals surface area (Å²) in [6.07, 6.45) is -4.61. The van der Waals surface area contributed by atoms with Crippen molar-refractivity contribution in [3.8, 4) is 5.75 Å². The maximum Gasteiger partial charge on any atom is 0.416 e. The van der Waals surface area contributed by atoms with Gasteiger partial charge < -0.3 is 9.15 Å². The molecule has 2 heterocycles. The smallest absolute Gasteiger partial charge is 0.416 e. The van der Waals surface area contributed by atoms with Crippen molar-refractivity contribution >= 4 is 22.6 Å². The fraction of sp³-hybridized carbons (Fsp3) is 0.0968. The van der Waals surface area contributed by atoms with Gasteiger partial charge in [-0.1, -0.05) is 60.7 Å². The minimum absolute atomic E-state index is 0.000847. The van der Waals surface area contributed by atoms with Gasteiger partial charge in [0.25, 0.3) is 5.91 Å². The third-order valence-corrected chi connectivity index (χ3v) is 6.67. The van der Waals surface area contributed by atoms with Crippen molar-refractivity contribution in [1.29, 1.82) is 0 Å². The maximum absolute atomic E-state index is 13.7. The average molecular weight is 527 g/mol. The molecule has 1 unspecified atom stereocenters. The van der Waals surface area contributed by atoms with Crippen LogP contribution >= 0.6 is 0 Å². The Hall–Kier alpha value is -4.85. The fourth-order valence-electron chi connectivity index (χ4n) is 4.82. The number of hydrogen-bond acceptors (Lipinski definition) is 4. The number of carbonyl (C=O) groups is 1. The maximum atomic E-state index is 13.7. The van der Waals surface area contributed by atoms with Gasteiger partial charge in [0.15, 0.2) is 5.43 Å². The second-order valence-electron chi connectivity index (χ2n) is 9.14. The number of para-hydroxylation sites is 1. The molecule has 1 aliphatic heterocycles. The molecule has 0 saturated heterocycles. The molecule has 5 nitrogen and oxygen atoms in total. The van der Waals surface area contributed by atoms with Gasteiger partial charge in [0.05, 0.1) is 22.6 Å². The Morgan fingerprint density at radius 3 is 2.28 bits per heavy atom. The van der Waals surface area contributed by atoms with Gasteiger partial charge in [0.2, 0.25) is 5.76 Å². The highest BCUT2D eigenvalue weighted by atomic mass is 19.4. The number of ether oxygens (including phenoxy) is 1. The van der Waals surface area contributed by atoms with Crippen LogP contribution in [0.4, 0.5) is 18.9 Å². The van der Waals surface area contributed by atoms with E-state index in [-0.39, 0.29) is 28.0 Å². The van der Waals surface area contributed by atoms with Crippen molar-refractivity contribution in [2.75, 3.05) is 4.90 Å². The second kappa shape index (κ2) is 9.47. The third kappa shape index (κ3) is 4.44. The zero-order chi connectivity index (χ0) is 27.1. The van der Waals surface area contributed by atoms with E-state index in [1.165, 1.54) is 17.0 Å². The van der Waals surface area contributed by atoms with Crippen molar-refractivity contribution in [3.63, 3.8) is 0 Å². The zero-order valence-corrected chi connectivity index (χ0v) is 20.3. The highest BCUT2D eigenvalue weighted by Gasteiger charge is 2.44. The molecule has 0 radical (unpaired) electrons. The summed E-state index contributed by atoms with van der Waals surface area (Å²) in [5.41, 5.74) is 0.490. The summed E-state index contributed by atoms with van der Waals surface area (Å²) in [5, 5.41) is 0.280. The van der Waals surface area contributed by atoms with Crippen LogP contribution in [0.1, 0.15) is 38.9 Å². The summed E-state index contributed by atoms with van der Waals surface area (Å²) in [6, 6.07) is 26.4. The van der Waals surface area contributed by atoms with Crippen LogP contribution in [0.25, 0.3) is 11.0 Å². The largest absolute Gasteiger partial charge is 0.489 e. The number of hydrogen-bond donors (Lipinski definition) is 0. The number of anilines is 1. The van der Waals surface area contributed by atoms with E-state index < -0.39 is 29.1 Å². The van der Waals surface area contributed by atoms with Crippen molar-refractivity contribution in [3.05, 3.63) is 141 Å². The van der Waals surface area contributed by atoms with Crippen LogP contribution < -0.4 is 15.1 Å². The molecule has 194 valence electrons.